The zero-order valence-electron chi connectivity index (χ0n) is 17.4. The molecule has 2 heterocycles. The highest BCUT2D eigenvalue weighted by molar-refractivity contribution is 5.85. The second-order valence-electron chi connectivity index (χ2n) is 8.23. The first-order chi connectivity index (χ1) is 14.7. The minimum Gasteiger partial charge on any atom is -0.467 e. The SMILES string of the molecule is O=C(CN(C(=O)CCc1ccccc1)C1CC1)N(Cc1ccco1)C[C@H]1CCCO1. The third-order valence-corrected chi connectivity index (χ3v) is 5.81. The molecule has 0 spiro atoms. The maximum absolute atomic E-state index is 13.2. The highest BCUT2D eigenvalue weighted by atomic mass is 16.5. The summed E-state index contributed by atoms with van der Waals surface area (Å²) in [6, 6.07) is 13.9. The Kier molecular flexibility index (Phi) is 6.84. The van der Waals surface area contributed by atoms with Gasteiger partial charge in [0.25, 0.3) is 0 Å². The monoisotopic (exact) mass is 410 g/mol. The van der Waals surface area contributed by atoms with Crippen molar-refractivity contribution in [3.8, 4) is 0 Å². The van der Waals surface area contributed by atoms with E-state index in [4.69, 9.17) is 9.15 Å². The lowest BCUT2D eigenvalue weighted by Crippen LogP contribution is -2.45. The molecule has 1 aromatic heterocycles. The van der Waals surface area contributed by atoms with Crippen molar-refractivity contribution >= 4 is 11.8 Å². The van der Waals surface area contributed by atoms with Crippen LogP contribution in [0.1, 0.15) is 43.4 Å². The summed E-state index contributed by atoms with van der Waals surface area (Å²) in [7, 11) is 0. The highest BCUT2D eigenvalue weighted by Gasteiger charge is 2.35. The molecule has 0 radical (unpaired) electrons. The largest absolute Gasteiger partial charge is 0.467 e. The van der Waals surface area contributed by atoms with Crippen LogP contribution in [0.15, 0.2) is 53.1 Å². The number of carbonyl (C=O) groups is 2. The molecule has 2 aliphatic rings. The summed E-state index contributed by atoms with van der Waals surface area (Å²) in [6.45, 7) is 1.82. The van der Waals surface area contributed by atoms with E-state index in [1.807, 2.05) is 42.5 Å². The number of carbonyl (C=O) groups excluding carboxylic acids is 2. The molecular formula is C24H30N2O4. The molecule has 0 bridgehead atoms. The molecule has 30 heavy (non-hydrogen) atoms. The Hall–Kier alpha value is -2.60. The standard InChI is InChI=1S/C24H30N2O4/c27-23(13-10-19-6-2-1-3-7-19)26(20-11-12-20)18-24(28)25(16-21-8-4-14-29-21)17-22-9-5-15-30-22/h1-4,6-8,14,20,22H,5,9-13,15-18H2/t22-/m1/s1. The van der Waals surface area contributed by atoms with Crippen LogP contribution in [0.2, 0.25) is 0 Å². The van der Waals surface area contributed by atoms with Crippen molar-refractivity contribution in [3.63, 3.8) is 0 Å². The molecule has 1 saturated heterocycles. The predicted molar refractivity (Wildman–Crippen MR) is 113 cm³/mol. The zero-order chi connectivity index (χ0) is 20.8. The lowest BCUT2D eigenvalue weighted by Gasteiger charge is -2.29. The summed E-state index contributed by atoms with van der Waals surface area (Å²) in [6.07, 6.45) is 6.76. The second kappa shape index (κ2) is 9.94. The number of nitrogens with zero attached hydrogens (tertiary/aromatic N) is 2. The van der Waals surface area contributed by atoms with Crippen LogP contribution in [-0.4, -0.2) is 53.5 Å². The Balaban J connectivity index is 1.38. The molecule has 4 rings (SSSR count). The average molecular weight is 411 g/mol. The van der Waals surface area contributed by atoms with Crippen LogP contribution in [0.25, 0.3) is 0 Å². The number of furan rings is 1. The summed E-state index contributed by atoms with van der Waals surface area (Å²) in [4.78, 5) is 29.7. The van der Waals surface area contributed by atoms with Crippen LogP contribution in [0.3, 0.4) is 0 Å². The molecule has 1 aromatic carbocycles. The zero-order valence-corrected chi connectivity index (χ0v) is 17.4. The number of amides is 2. The van der Waals surface area contributed by atoms with E-state index >= 15 is 0 Å². The fraction of sp³-hybridized carbons (Fsp3) is 0.500. The Labute approximate surface area is 177 Å². The van der Waals surface area contributed by atoms with Crippen LogP contribution >= 0.6 is 0 Å². The Morgan fingerprint density at radius 2 is 1.83 bits per heavy atom. The van der Waals surface area contributed by atoms with Crippen LogP contribution in [-0.2, 0) is 27.3 Å². The predicted octanol–water partition coefficient (Wildman–Crippen LogP) is 3.41. The molecule has 2 amide bonds. The van der Waals surface area contributed by atoms with Crippen molar-refractivity contribution in [2.24, 2.45) is 0 Å². The summed E-state index contributed by atoms with van der Waals surface area (Å²) >= 11 is 0. The number of rotatable bonds is 10. The van der Waals surface area contributed by atoms with Gasteiger partial charge in [0.15, 0.2) is 0 Å². The third kappa shape index (κ3) is 5.72. The normalized spacial score (nSPS) is 18.3. The molecule has 0 N–H and O–H groups in total. The van der Waals surface area contributed by atoms with Gasteiger partial charge in [-0.25, -0.2) is 0 Å². The summed E-state index contributed by atoms with van der Waals surface area (Å²) in [5.74, 6) is 0.765. The van der Waals surface area contributed by atoms with E-state index in [2.05, 4.69) is 0 Å². The van der Waals surface area contributed by atoms with E-state index in [0.717, 1.165) is 43.6 Å². The summed E-state index contributed by atoms with van der Waals surface area (Å²) in [5, 5.41) is 0. The third-order valence-electron chi connectivity index (χ3n) is 5.81. The van der Waals surface area contributed by atoms with Gasteiger partial charge < -0.3 is 19.0 Å². The van der Waals surface area contributed by atoms with E-state index < -0.39 is 0 Å². The first kappa shape index (κ1) is 20.7. The van der Waals surface area contributed by atoms with Gasteiger partial charge in [0.1, 0.15) is 12.3 Å². The van der Waals surface area contributed by atoms with Crippen LogP contribution in [0.4, 0.5) is 0 Å². The molecule has 6 nitrogen and oxygen atoms in total. The van der Waals surface area contributed by atoms with E-state index in [1.54, 1.807) is 16.1 Å². The van der Waals surface area contributed by atoms with Crippen LogP contribution < -0.4 is 0 Å². The van der Waals surface area contributed by atoms with Crippen molar-refractivity contribution in [1.82, 2.24) is 9.80 Å². The Morgan fingerprint density at radius 3 is 2.50 bits per heavy atom. The number of hydrogen-bond donors (Lipinski definition) is 0. The van der Waals surface area contributed by atoms with Crippen molar-refractivity contribution in [1.29, 1.82) is 0 Å². The number of hydrogen-bond acceptors (Lipinski definition) is 4. The van der Waals surface area contributed by atoms with Gasteiger partial charge in [-0.3, -0.25) is 9.59 Å². The van der Waals surface area contributed by atoms with Crippen molar-refractivity contribution in [2.75, 3.05) is 19.7 Å². The molecule has 2 aromatic rings. The van der Waals surface area contributed by atoms with Gasteiger partial charge in [-0.2, -0.15) is 0 Å². The maximum atomic E-state index is 13.2. The maximum Gasteiger partial charge on any atom is 0.242 e. The average Bonchev–Trinajstić information content (AvgIpc) is 3.22. The van der Waals surface area contributed by atoms with Crippen LogP contribution in [0, 0.1) is 0 Å². The summed E-state index contributed by atoms with van der Waals surface area (Å²) < 4.78 is 11.2. The number of aryl methyl sites for hydroxylation is 1. The van der Waals surface area contributed by atoms with Crippen LogP contribution in [0.5, 0.6) is 0 Å². The molecule has 160 valence electrons. The van der Waals surface area contributed by atoms with E-state index in [0.29, 0.717) is 25.9 Å². The molecular weight excluding hydrogens is 380 g/mol. The number of benzene rings is 1. The lowest BCUT2D eigenvalue weighted by atomic mass is 10.1. The van der Waals surface area contributed by atoms with Gasteiger partial charge >= 0.3 is 0 Å². The Morgan fingerprint density at radius 1 is 1.00 bits per heavy atom. The molecule has 1 aliphatic heterocycles. The first-order valence-electron chi connectivity index (χ1n) is 10.9. The smallest absolute Gasteiger partial charge is 0.242 e. The first-order valence-corrected chi connectivity index (χ1v) is 10.9. The quantitative estimate of drug-likeness (QED) is 0.602. The van der Waals surface area contributed by atoms with E-state index in [-0.39, 0.29) is 30.5 Å². The van der Waals surface area contributed by atoms with Crippen molar-refractivity contribution < 1.29 is 18.7 Å². The van der Waals surface area contributed by atoms with Gasteiger partial charge in [-0.1, -0.05) is 30.3 Å². The second-order valence-corrected chi connectivity index (χ2v) is 8.23. The van der Waals surface area contributed by atoms with E-state index in [1.165, 1.54) is 0 Å². The topological polar surface area (TPSA) is 63.0 Å². The molecule has 1 saturated carbocycles. The number of ether oxygens (including phenoxy) is 1. The van der Waals surface area contributed by atoms with E-state index in [9.17, 15) is 9.59 Å². The fourth-order valence-corrected chi connectivity index (χ4v) is 3.97. The molecule has 6 heteroatoms. The van der Waals surface area contributed by atoms with Gasteiger partial charge in [0.05, 0.1) is 18.9 Å². The minimum absolute atomic E-state index is 0.0399. The molecule has 0 unspecified atom stereocenters. The summed E-state index contributed by atoms with van der Waals surface area (Å²) in [5.41, 5.74) is 1.14. The molecule has 1 aliphatic carbocycles. The fourth-order valence-electron chi connectivity index (χ4n) is 3.97. The highest BCUT2D eigenvalue weighted by Crippen LogP contribution is 2.28. The minimum atomic E-state index is -0.0399. The van der Waals surface area contributed by atoms with Gasteiger partial charge in [0, 0.05) is 25.6 Å². The molecule has 2 fully saturated rings. The van der Waals surface area contributed by atoms with Gasteiger partial charge in [-0.15, -0.1) is 0 Å². The van der Waals surface area contributed by atoms with Gasteiger partial charge in [-0.05, 0) is 49.8 Å². The van der Waals surface area contributed by atoms with Crippen molar-refractivity contribution in [3.05, 3.63) is 60.1 Å². The Bertz CT molecular complexity index is 811. The van der Waals surface area contributed by atoms with Gasteiger partial charge in [0.2, 0.25) is 11.8 Å². The molecule has 1 atom stereocenters. The lowest BCUT2D eigenvalue weighted by molar-refractivity contribution is -0.142. The van der Waals surface area contributed by atoms with Crippen molar-refractivity contribution in [2.45, 2.75) is 57.2 Å².